The summed E-state index contributed by atoms with van der Waals surface area (Å²) in [6, 6.07) is 21.9. The van der Waals surface area contributed by atoms with Gasteiger partial charge in [-0.3, -0.25) is 9.59 Å². The van der Waals surface area contributed by atoms with Crippen molar-refractivity contribution in [3.8, 4) is 0 Å². The maximum Gasteiger partial charge on any atom is 0.282 e. The van der Waals surface area contributed by atoms with Gasteiger partial charge in [-0.05, 0) is 42.8 Å². The summed E-state index contributed by atoms with van der Waals surface area (Å²) in [7, 11) is 0. The van der Waals surface area contributed by atoms with Crippen LogP contribution in [0.3, 0.4) is 0 Å². The van der Waals surface area contributed by atoms with Crippen LogP contribution >= 0.6 is 0 Å². The number of nitrogens with zero attached hydrogens (tertiary/aromatic N) is 1. The second-order valence-electron chi connectivity index (χ2n) is 6.53. The lowest BCUT2D eigenvalue weighted by molar-refractivity contribution is -0.120. The van der Waals surface area contributed by atoms with Crippen LogP contribution < -0.4 is 10.2 Å². The molecule has 1 heterocycles. The predicted octanol–water partition coefficient (Wildman–Crippen LogP) is 4.53. The minimum Gasteiger partial charge on any atom is -0.350 e. The van der Waals surface area contributed by atoms with Gasteiger partial charge in [0.2, 0.25) is 0 Å². The van der Waals surface area contributed by atoms with Gasteiger partial charge >= 0.3 is 0 Å². The standard InChI is InChI=1S/C23H17FN2O2/c1-15-10-12-18(13-11-15)25-21-20(16-6-3-2-4-7-16)22(27)26(23(21)28)19-9-5-8-17(24)14-19/h2-14,25H,1H3. The first-order valence-electron chi connectivity index (χ1n) is 8.82. The Kier molecular flexibility index (Phi) is 4.49. The molecular formula is C23H17FN2O2. The summed E-state index contributed by atoms with van der Waals surface area (Å²) < 4.78 is 13.7. The first-order chi connectivity index (χ1) is 13.5. The van der Waals surface area contributed by atoms with Crippen molar-refractivity contribution >= 4 is 28.8 Å². The average Bonchev–Trinajstić information content (AvgIpc) is 2.94. The van der Waals surface area contributed by atoms with Crippen LogP contribution in [0.25, 0.3) is 5.57 Å². The Morgan fingerprint density at radius 1 is 0.821 bits per heavy atom. The Morgan fingerprint density at radius 2 is 1.54 bits per heavy atom. The van der Waals surface area contributed by atoms with Crippen LogP contribution in [0.4, 0.5) is 15.8 Å². The van der Waals surface area contributed by atoms with E-state index >= 15 is 0 Å². The van der Waals surface area contributed by atoms with Gasteiger partial charge in [0, 0.05) is 5.69 Å². The molecule has 1 aliphatic rings. The van der Waals surface area contributed by atoms with E-state index in [0.29, 0.717) is 11.3 Å². The van der Waals surface area contributed by atoms with Crippen molar-refractivity contribution in [1.29, 1.82) is 0 Å². The minimum atomic E-state index is -0.518. The number of aryl methyl sites for hydroxylation is 1. The molecule has 0 spiro atoms. The van der Waals surface area contributed by atoms with Crippen molar-refractivity contribution in [2.45, 2.75) is 6.92 Å². The molecule has 1 aliphatic heterocycles. The van der Waals surface area contributed by atoms with E-state index in [2.05, 4.69) is 5.32 Å². The van der Waals surface area contributed by atoms with Gasteiger partial charge in [-0.15, -0.1) is 0 Å². The van der Waals surface area contributed by atoms with Gasteiger partial charge in [0.05, 0.1) is 11.3 Å². The molecule has 0 unspecified atom stereocenters. The molecule has 0 aromatic heterocycles. The molecule has 0 bridgehead atoms. The Balaban J connectivity index is 1.81. The van der Waals surface area contributed by atoms with E-state index in [9.17, 15) is 14.0 Å². The van der Waals surface area contributed by atoms with Gasteiger partial charge in [0.15, 0.2) is 0 Å². The van der Waals surface area contributed by atoms with Crippen LogP contribution in [-0.2, 0) is 9.59 Å². The van der Waals surface area contributed by atoms with E-state index in [4.69, 9.17) is 0 Å². The number of hydrogen-bond acceptors (Lipinski definition) is 3. The highest BCUT2D eigenvalue weighted by atomic mass is 19.1. The molecule has 0 radical (unpaired) electrons. The third-order valence-electron chi connectivity index (χ3n) is 4.53. The SMILES string of the molecule is Cc1ccc(NC2=C(c3ccccc3)C(=O)N(c3cccc(F)c3)C2=O)cc1. The van der Waals surface area contributed by atoms with Gasteiger partial charge in [-0.1, -0.05) is 54.1 Å². The van der Waals surface area contributed by atoms with Gasteiger partial charge < -0.3 is 5.32 Å². The van der Waals surface area contributed by atoms with Crippen molar-refractivity contribution in [2.75, 3.05) is 10.2 Å². The van der Waals surface area contributed by atoms with Crippen molar-refractivity contribution in [3.05, 3.63) is 102 Å². The second kappa shape index (κ2) is 7.12. The fraction of sp³-hybridized carbons (Fsp3) is 0.0435. The van der Waals surface area contributed by atoms with Crippen LogP contribution in [0.15, 0.2) is 84.6 Å². The lowest BCUT2D eigenvalue weighted by Gasteiger charge is -2.15. The minimum absolute atomic E-state index is 0.171. The number of hydrogen-bond donors (Lipinski definition) is 1. The van der Waals surface area contributed by atoms with E-state index in [1.165, 1.54) is 24.3 Å². The third kappa shape index (κ3) is 3.18. The average molecular weight is 372 g/mol. The zero-order valence-corrected chi connectivity index (χ0v) is 15.1. The second-order valence-corrected chi connectivity index (χ2v) is 6.53. The van der Waals surface area contributed by atoms with Crippen molar-refractivity contribution in [2.24, 2.45) is 0 Å². The van der Waals surface area contributed by atoms with E-state index in [-0.39, 0.29) is 17.0 Å². The number of imide groups is 1. The third-order valence-corrected chi connectivity index (χ3v) is 4.53. The number of amides is 2. The maximum atomic E-state index is 13.7. The summed E-state index contributed by atoms with van der Waals surface area (Å²) in [5, 5.41) is 3.09. The van der Waals surface area contributed by atoms with Gasteiger partial charge in [0.25, 0.3) is 11.8 Å². The Morgan fingerprint density at radius 3 is 2.21 bits per heavy atom. The number of nitrogens with one attached hydrogen (secondary N) is 1. The molecule has 0 aliphatic carbocycles. The number of rotatable bonds is 4. The topological polar surface area (TPSA) is 49.4 Å². The van der Waals surface area contributed by atoms with E-state index < -0.39 is 17.6 Å². The Hall–Kier alpha value is -3.73. The first-order valence-corrected chi connectivity index (χ1v) is 8.82. The lowest BCUT2D eigenvalue weighted by atomic mass is 10.0. The molecule has 1 N–H and O–H groups in total. The summed E-state index contributed by atoms with van der Waals surface area (Å²) in [4.78, 5) is 27.3. The highest BCUT2D eigenvalue weighted by molar-refractivity contribution is 6.46. The molecule has 5 heteroatoms. The summed E-state index contributed by atoms with van der Waals surface area (Å²) in [6.45, 7) is 1.97. The van der Waals surface area contributed by atoms with E-state index in [0.717, 1.165) is 10.5 Å². The lowest BCUT2D eigenvalue weighted by Crippen LogP contribution is -2.32. The number of halogens is 1. The summed E-state index contributed by atoms with van der Waals surface area (Å²) in [5.74, 6) is -1.52. The quantitative estimate of drug-likeness (QED) is 0.685. The van der Waals surface area contributed by atoms with Gasteiger partial charge in [0.1, 0.15) is 11.5 Å². The van der Waals surface area contributed by atoms with Gasteiger partial charge in [-0.2, -0.15) is 0 Å². The zero-order chi connectivity index (χ0) is 19.7. The highest BCUT2D eigenvalue weighted by Crippen LogP contribution is 2.33. The molecule has 2 amide bonds. The Labute approximate surface area is 161 Å². The smallest absolute Gasteiger partial charge is 0.282 e. The summed E-state index contributed by atoms with van der Waals surface area (Å²) in [6.07, 6.45) is 0. The summed E-state index contributed by atoms with van der Waals surface area (Å²) >= 11 is 0. The molecule has 4 nitrogen and oxygen atoms in total. The molecule has 3 aromatic rings. The Bertz CT molecular complexity index is 1090. The summed E-state index contributed by atoms with van der Waals surface area (Å²) in [5.41, 5.74) is 3.02. The molecule has 3 aromatic carbocycles. The fourth-order valence-corrected chi connectivity index (χ4v) is 3.15. The highest BCUT2D eigenvalue weighted by Gasteiger charge is 2.40. The zero-order valence-electron chi connectivity index (χ0n) is 15.1. The molecule has 0 atom stereocenters. The van der Waals surface area contributed by atoms with E-state index in [1.54, 1.807) is 24.3 Å². The van der Waals surface area contributed by atoms with Crippen molar-refractivity contribution in [1.82, 2.24) is 0 Å². The molecular weight excluding hydrogens is 355 g/mol. The molecule has 0 saturated carbocycles. The van der Waals surface area contributed by atoms with Crippen molar-refractivity contribution < 1.29 is 14.0 Å². The fourth-order valence-electron chi connectivity index (χ4n) is 3.15. The molecule has 28 heavy (non-hydrogen) atoms. The number of carbonyl (C=O) groups is 2. The monoisotopic (exact) mass is 372 g/mol. The number of carbonyl (C=O) groups excluding carboxylic acids is 2. The predicted molar refractivity (Wildman–Crippen MR) is 107 cm³/mol. The van der Waals surface area contributed by atoms with Crippen molar-refractivity contribution in [3.63, 3.8) is 0 Å². The van der Waals surface area contributed by atoms with Crippen LogP contribution in [0.2, 0.25) is 0 Å². The van der Waals surface area contributed by atoms with Crippen LogP contribution in [0.1, 0.15) is 11.1 Å². The first kappa shape index (κ1) is 17.7. The number of anilines is 2. The van der Waals surface area contributed by atoms with E-state index in [1.807, 2.05) is 37.3 Å². The van der Waals surface area contributed by atoms with Crippen LogP contribution in [-0.4, -0.2) is 11.8 Å². The molecule has 0 saturated heterocycles. The molecule has 138 valence electrons. The molecule has 4 rings (SSSR count). The van der Waals surface area contributed by atoms with Crippen LogP contribution in [0.5, 0.6) is 0 Å². The van der Waals surface area contributed by atoms with Gasteiger partial charge in [-0.25, -0.2) is 9.29 Å². The van der Waals surface area contributed by atoms with Crippen LogP contribution in [0, 0.1) is 12.7 Å². The normalized spacial score (nSPS) is 14.0. The number of benzene rings is 3. The molecule has 0 fully saturated rings. The largest absolute Gasteiger partial charge is 0.350 e. The maximum absolute atomic E-state index is 13.7.